The van der Waals surface area contributed by atoms with Crippen molar-refractivity contribution in [3.05, 3.63) is 35.4 Å². The number of amides is 1. The number of rotatable bonds is 5. The van der Waals surface area contributed by atoms with Crippen LogP contribution in [0.3, 0.4) is 0 Å². The van der Waals surface area contributed by atoms with Gasteiger partial charge in [0.1, 0.15) is 5.75 Å². The molecule has 1 aromatic rings. The van der Waals surface area contributed by atoms with Crippen LogP contribution in [0.4, 0.5) is 5.69 Å². The smallest absolute Gasteiger partial charge is 0.263 e. The molecule has 0 fully saturated rings. The Morgan fingerprint density at radius 1 is 1.35 bits per heavy atom. The summed E-state index contributed by atoms with van der Waals surface area (Å²) in [6, 6.07) is 5.32. The van der Waals surface area contributed by atoms with Gasteiger partial charge in [-0.15, -0.1) is 0 Å². The Bertz CT molecular complexity index is 817. The quantitative estimate of drug-likeness (QED) is 0.799. The van der Waals surface area contributed by atoms with Crippen LogP contribution in [0.5, 0.6) is 5.75 Å². The van der Waals surface area contributed by atoms with Gasteiger partial charge in [0.2, 0.25) is 10.0 Å². The fraction of sp³-hybridized carbons (Fsp3) is 0.526. The molecule has 1 aromatic carbocycles. The highest BCUT2D eigenvalue weighted by atomic mass is 32.2. The van der Waals surface area contributed by atoms with Crippen LogP contribution < -0.4 is 14.4 Å². The number of ether oxygens (including phenoxy) is 1. The van der Waals surface area contributed by atoms with Crippen LogP contribution in [0.2, 0.25) is 0 Å². The van der Waals surface area contributed by atoms with Crippen LogP contribution in [0, 0.1) is 6.92 Å². The van der Waals surface area contributed by atoms with Gasteiger partial charge >= 0.3 is 0 Å². The Balaban J connectivity index is 1.67. The maximum absolute atomic E-state index is 12.5. The highest BCUT2D eigenvalue weighted by Gasteiger charge is 2.34. The molecule has 7 heteroatoms. The number of benzene rings is 1. The van der Waals surface area contributed by atoms with Crippen LogP contribution in [0.15, 0.2) is 29.8 Å². The standard InChI is InChI=1S/C19H26N2O4S/c1-14-8-9-17-16(12-14)21(26(2,23)24)13-18(25-17)19(22)20-11-10-15-6-4-3-5-7-15/h6,8-9,12,18H,3-5,7,10-11,13H2,1-2H3,(H,20,22)/t18-/m1/s1. The van der Waals surface area contributed by atoms with Crippen LogP contribution in [-0.2, 0) is 14.8 Å². The summed E-state index contributed by atoms with van der Waals surface area (Å²) < 4.78 is 31.4. The number of hydrogen-bond acceptors (Lipinski definition) is 4. The SMILES string of the molecule is Cc1ccc2c(c1)N(S(C)(=O)=O)C[C@H](C(=O)NCCC1=CCCCC1)O2. The second-order valence-corrected chi connectivity index (χ2v) is 8.93. The Morgan fingerprint density at radius 2 is 2.15 bits per heavy atom. The van der Waals surface area contributed by atoms with Crippen LogP contribution in [0.25, 0.3) is 0 Å². The number of fused-ring (bicyclic) bond motifs is 1. The fourth-order valence-corrected chi connectivity index (χ4v) is 4.31. The lowest BCUT2D eigenvalue weighted by molar-refractivity contribution is -0.127. The molecule has 3 rings (SSSR count). The number of hydrogen-bond donors (Lipinski definition) is 1. The average Bonchev–Trinajstić information content (AvgIpc) is 2.60. The molecular formula is C19H26N2O4S. The van der Waals surface area contributed by atoms with Gasteiger partial charge in [-0.05, 0) is 56.7 Å². The maximum atomic E-state index is 12.5. The minimum atomic E-state index is -3.50. The maximum Gasteiger partial charge on any atom is 0.263 e. The van der Waals surface area contributed by atoms with Gasteiger partial charge in [0.15, 0.2) is 6.10 Å². The van der Waals surface area contributed by atoms with Gasteiger partial charge in [0.05, 0.1) is 18.5 Å². The van der Waals surface area contributed by atoms with E-state index in [0.29, 0.717) is 18.0 Å². The van der Waals surface area contributed by atoms with Crippen molar-refractivity contribution in [3.63, 3.8) is 0 Å². The van der Waals surface area contributed by atoms with E-state index >= 15 is 0 Å². The van der Waals surface area contributed by atoms with Crippen molar-refractivity contribution in [1.82, 2.24) is 5.32 Å². The van der Waals surface area contributed by atoms with E-state index in [-0.39, 0.29) is 12.5 Å². The fourth-order valence-electron chi connectivity index (χ4n) is 3.40. The van der Waals surface area contributed by atoms with Gasteiger partial charge in [-0.1, -0.05) is 17.7 Å². The van der Waals surface area contributed by atoms with Crippen LogP contribution >= 0.6 is 0 Å². The van der Waals surface area contributed by atoms with E-state index in [1.54, 1.807) is 12.1 Å². The molecule has 1 atom stereocenters. The topological polar surface area (TPSA) is 75.7 Å². The Morgan fingerprint density at radius 3 is 2.85 bits per heavy atom. The van der Waals surface area contributed by atoms with E-state index < -0.39 is 16.1 Å². The molecule has 0 unspecified atom stereocenters. The summed E-state index contributed by atoms with van der Waals surface area (Å²) in [5.41, 5.74) is 2.81. The summed E-state index contributed by atoms with van der Waals surface area (Å²) in [6.07, 6.45) is 8.08. The molecule has 1 aliphatic heterocycles. The number of carbonyl (C=O) groups is 1. The van der Waals surface area contributed by atoms with Gasteiger partial charge < -0.3 is 10.1 Å². The van der Waals surface area contributed by atoms with Crippen LogP contribution in [0.1, 0.15) is 37.7 Å². The summed E-state index contributed by atoms with van der Waals surface area (Å²) in [5.74, 6) is 0.142. The molecule has 0 spiro atoms. The third kappa shape index (κ3) is 4.38. The Labute approximate surface area is 155 Å². The minimum absolute atomic E-state index is 0.0101. The number of sulfonamides is 1. The van der Waals surface area contributed by atoms with Crippen molar-refractivity contribution in [2.45, 2.75) is 45.1 Å². The third-order valence-corrected chi connectivity index (χ3v) is 5.95. The van der Waals surface area contributed by atoms with E-state index in [9.17, 15) is 13.2 Å². The summed E-state index contributed by atoms with van der Waals surface area (Å²) in [6.45, 7) is 2.42. The predicted molar refractivity (Wildman–Crippen MR) is 102 cm³/mol. The zero-order chi connectivity index (χ0) is 18.7. The molecule has 1 amide bonds. The van der Waals surface area contributed by atoms with Gasteiger partial charge in [-0.3, -0.25) is 9.10 Å². The van der Waals surface area contributed by atoms with Crippen molar-refractivity contribution in [2.24, 2.45) is 0 Å². The summed E-state index contributed by atoms with van der Waals surface area (Å²) in [7, 11) is -3.50. The number of carbonyl (C=O) groups excluding carboxylic acids is 1. The summed E-state index contributed by atoms with van der Waals surface area (Å²) in [5, 5.41) is 2.89. The molecule has 142 valence electrons. The van der Waals surface area contributed by atoms with Gasteiger partial charge in [-0.2, -0.15) is 0 Å². The zero-order valence-corrected chi connectivity index (χ0v) is 16.1. The predicted octanol–water partition coefficient (Wildman–Crippen LogP) is 2.53. The molecule has 1 aliphatic carbocycles. The lowest BCUT2D eigenvalue weighted by atomic mass is 9.97. The molecule has 0 saturated heterocycles. The normalized spacial score (nSPS) is 20.0. The largest absolute Gasteiger partial charge is 0.476 e. The number of aryl methyl sites for hydroxylation is 1. The first-order valence-electron chi connectivity index (χ1n) is 9.05. The first-order chi connectivity index (χ1) is 12.3. The molecule has 26 heavy (non-hydrogen) atoms. The number of nitrogens with zero attached hydrogens (tertiary/aromatic N) is 1. The zero-order valence-electron chi connectivity index (χ0n) is 15.3. The highest BCUT2D eigenvalue weighted by molar-refractivity contribution is 7.92. The van der Waals surface area contributed by atoms with Gasteiger partial charge in [0, 0.05) is 6.54 Å². The van der Waals surface area contributed by atoms with E-state index in [0.717, 1.165) is 31.1 Å². The molecule has 1 N–H and O–H groups in total. The van der Waals surface area contributed by atoms with Crippen molar-refractivity contribution in [1.29, 1.82) is 0 Å². The van der Waals surface area contributed by atoms with Crippen LogP contribution in [-0.4, -0.2) is 39.8 Å². The van der Waals surface area contributed by atoms with Crippen molar-refractivity contribution in [2.75, 3.05) is 23.7 Å². The summed E-state index contributed by atoms with van der Waals surface area (Å²) in [4.78, 5) is 12.5. The lowest BCUT2D eigenvalue weighted by Gasteiger charge is -2.34. The first kappa shape index (κ1) is 18.8. The van der Waals surface area contributed by atoms with Crippen molar-refractivity contribution < 1.29 is 17.9 Å². The highest BCUT2D eigenvalue weighted by Crippen LogP contribution is 2.35. The number of nitrogens with one attached hydrogen (secondary N) is 1. The second kappa shape index (κ2) is 7.70. The van der Waals surface area contributed by atoms with Gasteiger partial charge in [0.25, 0.3) is 5.91 Å². The molecule has 2 aliphatic rings. The third-order valence-electron chi connectivity index (χ3n) is 4.81. The minimum Gasteiger partial charge on any atom is -0.476 e. The lowest BCUT2D eigenvalue weighted by Crippen LogP contribution is -2.50. The second-order valence-electron chi connectivity index (χ2n) is 7.02. The average molecular weight is 378 g/mol. The number of allylic oxidation sites excluding steroid dienone is 1. The Kier molecular flexibility index (Phi) is 5.55. The van der Waals surface area contributed by atoms with E-state index in [4.69, 9.17) is 4.74 Å². The molecule has 0 saturated carbocycles. The molecule has 0 radical (unpaired) electrons. The Hall–Kier alpha value is -2.02. The van der Waals surface area contributed by atoms with Crippen molar-refractivity contribution in [3.8, 4) is 5.75 Å². The molecule has 0 aromatic heterocycles. The number of anilines is 1. The summed E-state index contributed by atoms with van der Waals surface area (Å²) >= 11 is 0. The molecule has 1 heterocycles. The monoisotopic (exact) mass is 378 g/mol. The van der Waals surface area contributed by atoms with E-state index in [1.165, 1.54) is 22.7 Å². The molecule has 0 bridgehead atoms. The van der Waals surface area contributed by atoms with Crippen molar-refractivity contribution >= 4 is 21.6 Å². The van der Waals surface area contributed by atoms with Gasteiger partial charge in [-0.25, -0.2) is 8.42 Å². The van der Waals surface area contributed by atoms with E-state index in [2.05, 4.69) is 11.4 Å². The van der Waals surface area contributed by atoms with E-state index in [1.807, 2.05) is 13.0 Å². The first-order valence-corrected chi connectivity index (χ1v) is 10.9. The molecular weight excluding hydrogens is 352 g/mol. The molecule has 6 nitrogen and oxygen atoms in total.